The molecule has 2 heterocycles. The van der Waals surface area contributed by atoms with E-state index in [0.717, 1.165) is 22.6 Å². The van der Waals surface area contributed by atoms with E-state index < -0.39 is 15.6 Å². The second kappa shape index (κ2) is 22.9. The summed E-state index contributed by atoms with van der Waals surface area (Å²) in [6.45, 7) is 9.62. The Hall–Kier alpha value is 0.403. The summed E-state index contributed by atoms with van der Waals surface area (Å²) < 4.78 is 58.9. The van der Waals surface area contributed by atoms with Gasteiger partial charge in [0.25, 0.3) is 0 Å². The van der Waals surface area contributed by atoms with Crippen LogP contribution >= 0.6 is 15.8 Å². The zero-order valence-corrected chi connectivity index (χ0v) is 32.0. The number of halogens is 3. The normalized spacial score (nSPS) is 24.8. The first-order valence-corrected chi connectivity index (χ1v) is 21.3. The van der Waals surface area contributed by atoms with Crippen molar-refractivity contribution in [3.63, 3.8) is 0 Å². The minimum atomic E-state index is -6.09. The molecule has 0 N–H and O–H groups in total. The Bertz CT molecular complexity index is 925. The Balaban J connectivity index is 0.000000488. The molecule has 0 bridgehead atoms. The monoisotopic (exact) mass is 778 g/mol. The fourth-order valence-corrected chi connectivity index (χ4v) is 15.4. The Labute approximate surface area is 289 Å². The van der Waals surface area contributed by atoms with Crippen LogP contribution in [-0.2, 0) is 29.6 Å². The quantitative estimate of drug-likeness (QED) is 0.103. The van der Waals surface area contributed by atoms with Crippen LogP contribution in [0.3, 0.4) is 0 Å². The first-order chi connectivity index (χ1) is 21.0. The van der Waals surface area contributed by atoms with Gasteiger partial charge in [-0.25, -0.2) is 8.42 Å². The number of alkyl halides is 3. The van der Waals surface area contributed by atoms with Gasteiger partial charge < -0.3 is 4.55 Å². The van der Waals surface area contributed by atoms with Gasteiger partial charge in [0.1, 0.15) is 0 Å². The Morgan fingerprint density at radius 3 is 1.09 bits per heavy atom. The average molecular weight is 779 g/mol. The van der Waals surface area contributed by atoms with E-state index in [4.69, 9.17) is 13.0 Å². The Kier molecular flexibility index (Phi) is 22.1. The van der Waals surface area contributed by atoms with Gasteiger partial charge in [0.15, 0.2) is 10.1 Å². The van der Waals surface area contributed by atoms with Crippen molar-refractivity contribution in [2.45, 2.75) is 159 Å². The third-order valence-corrected chi connectivity index (χ3v) is 16.6. The number of rotatable bonds is 10. The van der Waals surface area contributed by atoms with E-state index in [0.29, 0.717) is 0 Å². The van der Waals surface area contributed by atoms with Crippen LogP contribution < -0.4 is 10.6 Å². The van der Waals surface area contributed by atoms with Crippen LogP contribution in [0.15, 0.2) is 24.3 Å². The minimum absolute atomic E-state index is 0. The molecule has 1 saturated carbocycles. The summed E-state index contributed by atoms with van der Waals surface area (Å²) in [6.07, 6.45) is 31.4. The molecule has 3 fully saturated rings. The van der Waals surface area contributed by atoms with Crippen LogP contribution in [0.5, 0.6) is 0 Å². The summed E-state index contributed by atoms with van der Waals surface area (Å²) in [6, 6.07) is 9.95. The molecule has 0 spiro atoms. The largest absolute Gasteiger partial charge is 0.741 e. The number of benzene rings is 1. The van der Waals surface area contributed by atoms with E-state index in [-0.39, 0.29) is 35.3 Å². The molecule has 0 aromatic heterocycles. The molecule has 0 amide bonds. The predicted octanol–water partition coefficient (Wildman–Crippen LogP) is 10.6. The molecule has 261 valence electrons. The van der Waals surface area contributed by atoms with Crippen LogP contribution in [0.2, 0.25) is 0 Å². The van der Waals surface area contributed by atoms with Gasteiger partial charge in [0, 0.05) is 19.5 Å². The Morgan fingerprint density at radius 1 is 0.644 bits per heavy atom. The van der Waals surface area contributed by atoms with E-state index in [1.165, 1.54) is 103 Å². The first kappa shape index (κ1) is 43.4. The SMILES string of the molecule is CCC[C@@H]1CC[C@@H](CCC)P1c1ccccc1P1[C@H](CCC)CC[C@H]1CCC.O=S(=O)([O-])C(F)(F)F.[CH]1[CH]CC[CH][CH]CC1.[Rh]. The molecule has 4 rings (SSSR count). The first-order valence-electron chi connectivity index (χ1n) is 17.0. The van der Waals surface area contributed by atoms with Crippen LogP contribution in [0.1, 0.15) is 130 Å². The van der Waals surface area contributed by atoms with Crippen LogP contribution in [0.4, 0.5) is 13.2 Å². The van der Waals surface area contributed by atoms with Crippen molar-refractivity contribution < 1.29 is 45.6 Å². The van der Waals surface area contributed by atoms with Gasteiger partial charge in [-0.3, -0.25) is 0 Å². The van der Waals surface area contributed by atoms with Crippen molar-refractivity contribution in [2.75, 3.05) is 0 Å². The van der Waals surface area contributed by atoms with Gasteiger partial charge in [-0.05, 0) is 136 Å². The molecule has 4 atom stereocenters. The van der Waals surface area contributed by atoms with Crippen molar-refractivity contribution >= 4 is 36.6 Å². The summed E-state index contributed by atoms with van der Waals surface area (Å²) in [5.74, 6) is 0. The maximum Gasteiger partial charge on any atom is 0.485 e. The van der Waals surface area contributed by atoms with Crippen LogP contribution in [-0.4, -0.2) is 41.1 Å². The summed E-state index contributed by atoms with van der Waals surface area (Å²) in [5, 5.41) is 3.75. The number of hydrogen-bond acceptors (Lipinski definition) is 3. The topological polar surface area (TPSA) is 57.2 Å². The average Bonchev–Trinajstić information content (AvgIpc) is 3.52. The van der Waals surface area contributed by atoms with Crippen LogP contribution in [0.25, 0.3) is 0 Å². The smallest absolute Gasteiger partial charge is 0.485 e. The summed E-state index contributed by atoms with van der Waals surface area (Å²) >= 11 is 0. The van der Waals surface area contributed by atoms with Crippen molar-refractivity contribution in [3.05, 3.63) is 49.9 Å². The maximum absolute atomic E-state index is 10.7. The van der Waals surface area contributed by atoms with Crippen molar-refractivity contribution in [3.8, 4) is 0 Å². The maximum atomic E-state index is 10.7. The van der Waals surface area contributed by atoms with Gasteiger partial charge in [-0.2, -0.15) is 13.2 Å². The molecule has 3 nitrogen and oxygen atoms in total. The molecule has 1 aromatic carbocycles. The van der Waals surface area contributed by atoms with E-state index in [2.05, 4.69) is 77.6 Å². The molecule has 45 heavy (non-hydrogen) atoms. The van der Waals surface area contributed by atoms with E-state index in [1.54, 1.807) is 0 Å². The standard InChI is InChI=1S/C26H44P2.C8H12.CHF3O3S.Rh/c1-5-11-21-17-18-22(12-6-2)27(21)25-15-9-10-16-26(25)28-23(13-7-3)19-20-24(28)14-8-4;1-2-4-6-8-7-5-3-1;2-1(3,4)8(5,6)7;/h9-10,15-16,21-24H,5-8,11-14,17-20H2,1-4H3;1-2,7-8H,3-6H2;(H,5,6,7);/p-1/t21-,22-,23-,24-;;;/m1.../s1. The Morgan fingerprint density at radius 2 is 0.889 bits per heavy atom. The predicted molar refractivity (Wildman–Crippen MR) is 184 cm³/mol. The van der Waals surface area contributed by atoms with Crippen molar-refractivity contribution in [1.29, 1.82) is 0 Å². The van der Waals surface area contributed by atoms with E-state index in [9.17, 15) is 13.2 Å². The van der Waals surface area contributed by atoms with Gasteiger partial charge in [0.2, 0.25) is 0 Å². The molecule has 5 radical (unpaired) electrons. The molecule has 0 unspecified atom stereocenters. The molecule has 10 heteroatoms. The minimum Gasteiger partial charge on any atom is -0.741 e. The molecular weight excluding hydrogens is 722 g/mol. The molecular formula is C35H56F3O3P2RhS-. The second-order valence-electron chi connectivity index (χ2n) is 12.2. The van der Waals surface area contributed by atoms with E-state index >= 15 is 0 Å². The summed E-state index contributed by atoms with van der Waals surface area (Å²) in [7, 11) is -6.00. The van der Waals surface area contributed by atoms with Crippen molar-refractivity contribution in [2.24, 2.45) is 0 Å². The zero-order chi connectivity index (χ0) is 32.6. The molecule has 1 aromatic rings. The van der Waals surface area contributed by atoms with E-state index in [1.807, 2.05) is 10.6 Å². The molecule has 1 aliphatic carbocycles. The number of hydrogen-bond donors (Lipinski definition) is 0. The molecule has 3 aliphatic rings. The summed E-state index contributed by atoms with van der Waals surface area (Å²) in [5.41, 5.74) is -1.63. The zero-order valence-electron chi connectivity index (χ0n) is 27.7. The van der Waals surface area contributed by atoms with Gasteiger partial charge in [-0.15, -0.1) is 0 Å². The fraction of sp³-hybridized carbons (Fsp3) is 0.714. The molecule has 2 saturated heterocycles. The van der Waals surface area contributed by atoms with Gasteiger partial charge in [0.05, 0.1) is 0 Å². The third kappa shape index (κ3) is 14.4. The van der Waals surface area contributed by atoms with Crippen molar-refractivity contribution in [1.82, 2.24) is 0 Å². The van der Waals surface area contributed by atoms with Gasteiger partial charge in [-0.1, -0.05) is 93.5 Å². The molecule has 2 aliphatic heterocycles. The fourth-order valence-electron chi connectivity index (χ4n) is 6.93. The third-order valence-electron chi connectivity index (χ3n) is 8.78. The summed E-state index contributed by atoms with van der Waals surface area (Å²) in [4.78, 5) is 0. The van der Waals surface area contributed by atoms with Crippen LogP contribution in [0, 0.1) is 25.7 Å². The van der Waals surface area contributed by atoms with Gasteiger partial charge >= 0.3 is 5.51 Å². The second-order valence-corrected chi connectivity index (χ2v) is 19.1.